The number of carbonyl (C=O) groups excluding carboxylic acids is 1. The Kier molecular flexibility index (Phi) is 8.23. The maximum absolute atomic E-state index is 12.0. The van der Waals surface area contributed by atoms with E-state index in [-0.39, 0.29) is 11.9 Å². The predicted molar refractivity (Wildman–Crippen MR) is 106 cm³/mol. The molecule has 0 bridgehead atoms. The largest absolute Gasteiger partial charge is 0.497 e. The first-order chi connectivity index (χ1) is 13.1. The smallest absolute Gasteiger partial charge is 0.310 e. The molecule has 0 radical (unpaired) electrons. The average molecular weight is 377 g/mol. The van der Waals surface area contributed by atoms with Crippen LogP contribution in [0.5, 0.6) is 11.5 Å². The second kappa shape index (κ2) is 10.6. The van der Waals surface area contributed by atoms with E-state index >= 15 is 0 Å². The zero-order valence-electron chi connectivity index (χ0n) is 16.8. The lowest BCUT2D eigenvalue weighted by Crippen LogP contribution is -2.48. The van der Waals surface area contributed by atoms with Crippen LogP contribution < -0.4 is 14.8 Å². The van der Waals surface area contributed by atoms with Crippen molar-refractivity contribution in [3.63, 3.8) is 0 Å². The number of likely N-dealkylation sites (tertiary alicyclic amines) is 1. The first-order valence-electron chi connectivity index (χ1n) is 9.46. The van der Waals surface area contributed by atoms with Gasteiger partial charge in [-0.3, -0.25) is 9.79 Å². The molecule has 0 aliphatic carbocycles. The maximum Gasteiger partial charge on any atom is 0.310 e. The third-order valence-corrected chi connectivity index (χ3v) is 4.72. The molecule has 1 unspecified atom stereocenters. The van der Waals surface area contributed by atoms with Crippen LogP contribution in [-0.2, 0) is 16.0 Å². The molecule has 1 fully saturated rings. The molecule has 1 heterocycles. The van der Waals surface area contributed by atoms with Crippen LogP contribution in [0.1, 0.15) is 25.3 Å². The molecular formula is C20H31N3O4. The molecule has 0 spiro atoms. The highest BCUT2D eigenvalue weighted by molar-refractivity contribution is 5.81. The van der Waals surface area contributed by atoms with Crippen molar-refractivity contribution in [3.8, 4) is 11.5 Å². The van der Waals surface area contributed by atoms with E-state index in [1.807, 2.05) is 25.1 Å². The fourth-order valence-electron chi connectivity index (χ4n) is 3.34. The SMILES string of the molecule is CCOC(=O)C1CCCN(C(=NC)NCCc2cc(OC)ccc2OC)C1. The van der Waals surface area contributed by atoms with Gasteiger partial charge in [0.25, 0.3) is 0 Å². The molecule has 1 aromatic rings. The molecule has 150 valence electrons. The summed E-state index contributed by atoms with van der Waals surface area (Å²) in [7, 11) is 5.09. The van der Waals surface area contributed by atoms with Gasteiger partial charge in [0.05, 0.1) is 26.7 Å². The monoisotopic (exact) mass is 377 g/mol. The number of ether oxygens (including phenoxy) is 3. The number of rotatable bonds is 7. The van der Waals surface area contributed by atoms with Crippen molar-refractivity contribution in [1.82, 2.24) is 10.2 Å². The number of nitrogens with zero attached hydrogens (tertiary/aromatic N) is 2. The molecule has 1 N–H and O–H groups in total. The van der Waals surface area contributed by atoms with Gasteiger partial charge in [0.1, 0.15) is 11.5 Å². The number of hydrogen-bond donors (Lipinski definition) is 1. The van der Waals surface area contributed by atoms with E-state index < -0.39 is 0 Å². The van der Waals surface area contributed by atoms with Crippen molar-refractivity contribution in [3.05, 3.63) is 23.8 Å². The molecule has 27 heavy (non-hydrogen) atoms. The summed E-state index contributed by atoms with van der Waals surface area (Å²) in [5, 5.41) is 3.40. The zero-order chi connectivity index (χ0) is 19.6. The van der Waals surface area contributed by atoms with Gasteiger partial charge < -0.3 is 24.4 Å². The lowest BCUT2D eigenvalue weighted by atomic mass is 9.98. The minimum absolute atomic E-state index is 0.0873. The third-order valence-electron chi connectivity index (χ3n) is 4.72. The Morgan fingerprint density at radius 3 is 2.81 bits per heavy atom. The predicted octanol–water partition coefficient (Wildman–Crippen LogP) is 2.10. The van der Waals surface area contributed by atoms with Crippen LogP contribution in [0.25, 0.3) is 0 Å². The molecule has 0 saturated carbocycles. The fraction of sp³-hybridized carbons (Fsp3) is 0.600. The molecule has 7 nitrogen and oxygen atoms in total. The number of carbonyl (C=O) groups is 1. The third kappa shape index (κ3) is 5.77. The van der Waals surface area contributed by atoms with E-state index in [9.17, 15) is 4.79 Å². The molecule has 0 amide bonds. The van der Waals surface area contributed by atoms with Crippen LogP contribution >= 0.6 is 0 Å². The Labute approximate surface area is 161 Å². The zero-order valence-corrected chi connectivity index (χ0v) is 16.8. The van der Waals surface area contributed by atoms with Crippen LogP contribution in [-0.4, -0.2) is 64.3 Å². The second-order valence-electron chi connectivity index (χ2n) is 6.44. The number of hydrogen-bond acceptors (Lipinski definition) is 5. The second-order valence-corrected chi connectivity index (χ2v) is 6.44. The number of aliphatic imine (C=N–C) groups is 1. The quantitative estimate of drug-likeness (QED) is 0.446. The van der Waals surface area contributed by atoms with Crippen LogP contribution in [0.2, 0.25) is 0 Å². The minimum atomic E-state index is -0.112. The average Bonchev–Trinajstić information content (AvgIpc) is 2.71. The van der Waals surface area contributed by atoms with Crippen LogP contribution in [0, 0.1) is 5.92 Å². The van der Waals surface area contributed by atoms with E-state index in [0.717, 1.165) is 48.8 Å². The summed E-state index contributed by atoms with van der Waals surface area (Å²) < 4.78 is 15.9. The van der Waals surface area contributed by atoms with Crippen LogP contribution in [0.15, 0.2) is 23.2 Å². The summed E-state index contributed by atoms with van der Waals surface area (Å²) in [6.07, 6.45) is 2.59. The Hall–Kier alpha value is -2.44. The molecule has 2 rings (SSSR count). The van der Waals surface area contributed by atoms with E-state index in [1.54, 1.807) is 21.3 Å². The van der Waals surface area contributed by atoms with E-state index in [1.165, 1.54) is 0 Å². The number of guanidine groups is 1. The molecule has 1 saturated heterocycles. The number of methoxy groups -OCH3 is 2. The van der Waals surface area contributed by atoms with Gasteiger partial charge in [-0.15, -0.1) is 0 Å². The summed E-state index contributed by atoms with van der Waals surface area (Å²) in [5.41, 5.74) is 1.07. The summed E-state index contributed by atoms with van der Waals surface area (Å²) >= 11 is 0. The van der Waals surface area contributed by atoms with Gasteiger partial charge in [0.15, 0.2) is 5.96 Å². The summed E-state index contributed by atoms with van der Waals surface area (Å²) in [5.74, 6) is 2.26. The van der Waals surface area contributed by atoms with Gasteiger partial charge in [-0.25, -0.2) is 0 Å². The van der Waals surface area contributed by atoms with Crippen molar-refractivity contribution in [1.29, 1.82) is 0 Å². The van der Waals surface area contributed by atoms with Gasteiger partial charge in [0.2, 0.25) is 0 Å². The summed E-state index contributed by atoms with van der Waals surface area (Å²) in [4.78, 5) is 18.6. The normalized spacial score (nSPS) is 17.4. The summed E-state index contributed by atoms with van der Waals surface area (Å²) in [6.45, 7) is 4.49. The van der Waals surface area contributed by atoms with Crippen LogP contribution in [0.4, 0.5) is 0 Å². The Morgan fingerprint density at radius 2 is 2.15 bits per heavy atom. The van der Waals surface area contributed by atoms with Gasteiger partial charge in [0, 0.05) is 26.7 Å². The van der Waals surface area contributed by atoms with Crippen LogP contribution in [0.3, 0.4) is 0 Å². The number of esters is 1. The molecular weight excluding hydrogens is 346 g/mol. The van der Waals surface area contributed by atoms with Crippen molar-refractivity contribution in [2.24, 2.45) is 10.9 Å². The number of piperidine rings is 1. The highest BCUT2D eigenvalue weighted by atomic mass is 16.5. The minimum Gasteiger partial charge on any atom is -0.497 e. The lowest BCUT2D eigenvalue weighted by Gasteiger charge is -2.34. The molecule has 1 aliphatic rings. The first kappa shape index (κ1) is 20.9. The highest BCUT2D eigenvalue weighted by Crippen LogP contribution is 2.24. The van der Waals surface area contributed by atoms with Gasteiger partial charge in [-0.2, -0.15) is 0 Å². The Morgan fingerprint density at radius 1 is 1.33 bits per heavy atom. The highest BCUT2D eigenvalue weighted by Gasteiger charge is 2.28. The fourth-order valence-corrected chi connectivity index (χ4v) is 3.34. The Balaban J connectivity index is 1.93. The standard InChI is InChI=1S/C20H31N3O4/c1-5-27-19(24)16-7-6-12-23(14-16)20(21-2)22-11-10-15-13-17(25-3)8-9-18(15)26-4/h8-9,13,16H,5-7,10-12,14H2,1-4H3,(H,21,22). The summed E-state index contributed by atoms with van der Waals surface area (Å²) in [6, 6.07) is 5.79. The molecule has 7 heteroatoms. The van der Waals surface area contributed by atoms with Gasteiger partial charge in [-0.05, 0) is 49.9 Å². The molecule has 1 aromatic carbocycles. The van der Waals surface area contributed by atoms with E-state index in [0.29, 0.717) is 19.7 Å². The van der Waals surface area contributed by atoms with Gasteiger partial charge in [-0.1, -0.05) is 0 Å². The first-order valence-corrected chi connectivity index (χ1v) is 9.46. The van der Waals surface area contributed by atoms with Crippen molar-refractivity contribution >= 4 is 11.9 Å². The molecule has 1 aliphatic heterocycles. The lowest BCUT2D eigenvalue weighted by molar-refractivity contribution is -0.149. The maximum atomic E-state index is 12.0. The van der Waals surface area contributed by atoms with Crippen molar-refractivity contribution < 1.29 is 19.0 Å². The molecule has 0 aromatic heterocycles. The topological polar surface area (TPSA) is 72.4 Å². The molecule has 1 atom stereocenters. The van der Waals surface area contributed by atoms with E-state index in [4.69, 9.17) is 14.2 Å². The van der Waals surface area contributed by atoms with Crippen molar-refractivity contribution in [2.75, 3.05) is 47.5 Å². The number of benzene rings is 1. The van der Waals surface area contributed by atoms with Gasteiger partial charge >= 0.3 is 5.97 Å². The number of nitrogens with one attached hydrogen (secondary N) is 1. The van der Waals surface area contributed by atoms with E-state index in [2.05, 4.69) is 15.2 Å². The Bertz CT molecular complexity index is 648. The van der Waals surface area contributed by atoms with Crippen molar-refractivity contribution in [2.45, 2.75) is 26.2 Å².